The minimum atomic E-state index is -0.553. The van der Waals surface area contributed by atoms with Crippen molar-refractivity contribution >= 4 is 23.3 Å². The number of hydrogen-bond donors (Lipinski definition) is 0. The molecule has 0 amide bonds. The summed E-state index contributed by atoms with van der Waals surface area (Å²) in [6.07, 6.45) is 0.0514. The maximum atomic E-state index is 12.1. The van der Waals surface area contributed by atoms with Crippen LogP contribution in [0.15, 0.2) is 41.4 Å². The van der Waals surface area contributed by atoms with Crippen molar-refractivity contribution < 1.29 is 14.3 Å². The lowest BCUT2D eigenvalue weighted by Crippen LogP contribution is -2.12. The van der Waals surface area contributed by atoms with Gasteiger partial charge >= 0.3 is 5.97 Å². The Morgan fingerprint density at radius 2 is 1.93 bits per heavy atom. The summed E-state index contributed by atoms with van der Waals surface area (Å²) in [5, 5.41) is 9.24. The van der Waals surface area contributed by atoms with Gasteiger partial charge in [0, 0.05) is 16.1 Å². The number of aryl methyl sites for hydroxylation is 2. The minimum absolute atomic E-state index is 0.0514. The van der Waals surface area contributed by atoms with Crippen molar-refractivity contribution in [2.75, 3.05) is 14.2 Å². The van der Waals surface area contributed by atoms with Crippen molar-refractivity contribution in [3.05, 3.63) is 69.8 Å². The number of methoxy groups -OCH3 is 2. The summed E-state index contributed by atoms with van der Waals surface area (Å²) in [7, 11) is 2.99. The second-order valence-electron chi connectivity index (χ2n) is 7.06. The van der Waals surface area contributed by atoms with Crippen molar-refractivity contribution in [1.82, 2.24) is 14.8 Å². The van der Waals surface area contributed by atoms with E-state index >= 15 is 0 Å². The quantitative estimate of drug-likeness (QED) is 0.591. The third-order valence-electron chi connectivity index (χ3n) is 5.15. The highest BCUT2D eigenvalue weighted by Gasteiger charge is 2.30. The predicted molar refractivity (Wildman–Crippen MR) is 114 cm³/mol. The maximum absolute atomic E-state index is 12.1. The Kier molecular flexibility index (Phi) is 5.30. The first-order valence-electron chi connectivity index (χ1n) is 9.44. The highest BCUT2D eigenvalue weighted by Crippen LogP contribution is 2.34. The van der Waals surface area contributed by atoms with Gasteiger partial charge in [-0.2, -0.15) is 0 Å². The zero-order valence-corrected chi connectivity index (χ0v) is 17.9. The second-order valence-corrected chi connectivity index (χ2v) is 7.47. The van der Waals surface area contributed by atoms with E-state index in [1.54, 1.807) is 7.11 Å². The number of nitrogens with zero attached hydrogens (tertiary/aromatic N) is 4. The number of fused-ring (bicyclic) bond motifs is 3. The average Bonchev–Trinajstić information content (AvgIpc) is 3.07. The van der Waals surface area contributed by atoms with Crippen molar-refractivity contribution in [1.29, 1.82) is 0 Å². The largest absolute Gasteiger partial charge is 0.497 e. The lowest BCUT2D eigenvalue weighted by molar-refractivity contribution is -0.141. The zero-order chi connectivity index (χ0) is 21.4. The highest BCUT2D eigenvalue weighted by atomic mass is 35.5. The molecule has 1 aliphatic heterocycles. The Hall–Kier alpha value is -3.19. The average molecular weight is 425 g/mol. The van der Waals surface area contributed by atoms with Crippen molar-refractivity contribution in [3.63, 3.8) is 0 Å². The van der Waals surface area contributed by atoms with Gasteiger partial charge in [0.25, 0.3) is 0 Å². The van der Waals surface area contributed by atoms with Gasteiger partial charge in [0.05, 0.1) is 32.0 Å². The van der Waals surface area contributed by atoms with Crippen LogP contribution in [0.2, 0.25) is 5.02 Å². The summed E-state index contributed by atoms with van der Waals surface area (Å²) in [5.41, 5.74) is 4.27. The van der Waals surface area contributed by atoms with Crippen LogP contribution in [-0.4, -0.2) is 40.7 Å². The Morgan fingerprint density at radius 1 is 1.13 bits per heavy atom. The van der Waals surface area contributed by atoms with Crippen LogP contribution < -0.4 is 4.74 Å². The van der Waals surface area contributed by atoms with Gasteiger partial charge in [0.2, 0.25) is 0 Å². The number of hydrogen-bond acceptors (Lipinski definition) is 6. The molecule has 0 saturated heterocycles. The normalized spacial score (nSPS) is 15.0. The van der Waals surface area contributed by atoms with E-state index in [9.17, 15) is 4.79 Å². The van der Waals surface area contributed by atoms with Gasteiger partial charge in [0.15, 0.2) is 5.82 Å². The number of aromatic nitrogens is 3. The molecule has 0 bridgehead atoms. The van der Waals surface area contributed by atoms with E-state index in [4.69, 9.17) is 26.1 Å². The van der Waals surface area contributed by atoms with Crippen LogP contribution in [0.3, 0.4) is 0 Å². The molecule has 1 aliphatic rings. The molecule has 1 atom stereocenters. The summed E-state index contributed by atoms with van der Waals surface area (Å²) < 4.78 is 12.3. The van der Waals surface area contributed by atoms with Gasteiger partial charge < -0.3 is 9.47 Å². The molecule has 0 fully saturated rings. The van der Waals surface area contributed by atoms with Gasteiger partial charge in [-0.05, 0) is 49.7 Å². The van der Waals surface area contributed by atoms with E-state index in [1.165, 1.54) is 7.11 Å². The fourth-order valence-corrected chi connectivity index (χ4v) is 3.72. The molecule has 0 spiro atoms. The zero-order valence-electron chi connectivity index (χ0n) is 17.1. The first kappa shape index (κ1) is 20.1. The smallest absolute Gasteiger partial charge is 0.308 e. The van der Waals surface area contributed by atoms with E-state index in [-0.39, 0.29) is 12.4 Å². The number of ether oxygens (including phenoxy) is 2. The molecule has 154 valence electrons. The molecule has 1 aromatic heterocycles. The minimum Gasteiger partial charge on any atom is -0.497 e. The fraction of sp³-hybridized carbons (Fsp3) is 0.273. The molecule has 4 rings (SSSR count). The predicted octanol–water partition coefficient (Wildman–Crippen LogP) is 4.00. The Labute approximate surface area is 179 Å². The number of carbonyl (C=O) groups is 1. The van der Waals surface area contributed by atoms with Crippen LogP contribution >= 0.6 is 11.6 Å². The van der Waals surface area contributed by atoms with Crippen molar-refractivity contribution in [3.8, 4) is 11.4 Å². The Morgan fingerprint density at radius 3 is 2.63 bits per heavy atom. The van der Waals surface area contributed by atoms with Gasteiger partial charge in [-0.25, -0.2) is 0 Å². The molecule has 0 N–H and O–H groups in total. The lowest BCUT2D eigenvalue weighted by Gasteiger charge is -2.14. The maximum Gasteiger partial charge on any atom is 0.308 e. The van der Waals surface area contributed by atoms with Crippen LogP contribution in [0.1, 0.15) is 40.8 Å². The van der Waals surface area contributed by atoms with E-state index in [1.807, 2.05) is 54.8 Å². The second kappa shape index (κ2) is 7.91. The number of rotatable bonds is 4. The van der Waals surface area contributed by atoms with Crippen LogP contribution in [0.4, 0.5) is 0 Å². The van der Waals surface area contributed by atoms with E-state index in [0.717, 1.165) is 28.1 Å². The standard InChI is InChI=1S/C22H21ClN4O3/c1-12-9-14(5-7-17(12)23)21-16-10-15(29-3)6-8-19(16)27-13(2)25-26-22(27)18(24-21)11-20(28)30-4/h5-10,18H,11H2,1-4H3. The summed E-state index contributed by atoms with van der Waals surface area (Å²) in [6, 6.07) is 11.0. The van der Waals surface area contributed by atoms with Gasteiger partial charge in [0.1, 0.15) is 17.6 Å². The van der Waals surface area contributed by atoms with Crippen molar-refractivity contribution in [2.45, 2.75) is 26.3 Å². The number of halogens is 1. The van der Waals surface area contributed by atoms with Gasteiger partial charge in [-0.15, -0.1) is 10.2 Å². The highest BCUT2D eigenvalue weighted by molar-refractivity contribution is 6.31. The topological polar surface area (TPSA) is 78.6 Å². The van der Waals surface area contributed by atoms with Crippen LogP contribution in [0, 0.1) is 13.8 Å². The molecule has 0 radical (unpaired) electrons. The summed E-state index contributed by atoms with van der Waals surface area (Å²) in [5.74, 6) is 1.62. The molecule has 3 aromatic rings. The SMILES string of the molecule is COC(=O)CC1N=C(c2ccc(Cl)c(C)c2)c2cc(OC)ccc2-n2c(C)nnc21. The van der Waals surface area contributed by atoms with Gasteiger partial charge in [-0.1, -0.05) is 17.7 Å². The monoisotopic (exact) mass is 424 g/mol. The molecule has 2 heterocycles. The van der Waals surface area contributed by atoms with Crippen molar-refractivity contribution in [2.24, 2.45) is 4.99 Å². The molecular weight excluding hydrogens is 404 g/mol. The number of esters is 1. The first-order valence-corrected chi connectivity index (χ1v) is 9.82. The van der Waals surface area contributed by atoms with Crippen LogP contribution in [0.5, 0.6) is 5.75 Å². The van der Waals surface area contributed by atoms with Crippen LogP contribution in [-0.2, 0) is 9.53 Å². The lowest BCUT2D eigenvalue weighted by atomic mass is 9.98. The molecule has 30 heavy (non-hydrogen) atoms. The Bertz CT molecular complexity index is 1170. The van der Waals surface area contributed by atoms with E-state index in [0.29, 0.717) is 22.4 Å². The fourth-order valence-electron chi connectivity index (χ4n) is 3.60. The number of benzene rings is 2. The van der Waals surface area contributed by atoms with E-state index < -0.39 is 6.04 Å². The third kappa shape index (κ3) is 3.45. The summed E-state index contributed by atoms with van der Waals surface area (Å²) in [6.45, 7) is 3.82. The summed E-state index contributed by atoms with van der Waals surface area (Å²) in [4.78, 5) is 17.1. The molecular formula is C22H21ClN4O3. The van der Waals surface area contributed by atoms with E-state index in [2.05, 4.69) is 10.2 Å². The van der Waals surface area contributed by atoms with Gasteiger partial charge in [-0.3, -0.25) is 14.4 Å². The first-order chi connectivity index (χ1) is 14.4. The van der Waals surface area contributed by atoms with Crippen LogP contribution in [0.25, 0.3) is 5.69 Å². The molecule has 0 saturated carbocycles. The molecule has 7 nitrogen and oxygen atoms in total. The molecule has 2 aromatic carbocycles. The molecule has 1 unspecified atom stereocenters. The third-order valence-corrected chi connectivity index (χ3v) is 5.58. The Balaban J connectivity index is 2.01. The summed E-state index contributed by atoms with van der Waals surface area (Å²) >= 11 is 6.25. The molecule has 8 heteroatoms. The molecule has 0 aliphatic carbocycles. The number of aliphatic imine (C=N–C) groups is 1. The number of carbonyl (C=O) groups excluding carboxylic acids is 1.